The Balaban J connectivity index is 1.89. The molecule has 0 saturated carbocycles. The lowest BCUT2D eigenvalue weighted by Crippen LogP contribution is -2.37. The van der Waals surface area contributed by atoms with E-state index in [1.54, 1.807) is 6.26 Å². The zero-order valence-electron chi connectivity index (χ0n) is 12.2. The van der Waals surface area contributed by atoms with E-state index >= 15 is 0 Å². The fourth-order valence-electron chi connectivity index (χ4n) is 3.36. The third-order valence-electron chi connectivity index (χ3n) is 4.35. The summed E-state index contributed by atoms with van der Waals surface area (Å²) >= 11 is 0. The third kappa shape index (κ3) is 2.38. The second-order valence-corrected chi connectivity index (χ2v) is 8.31. The number of para-hydroxylation sites is 1. The van der Waals surface area contributed by atoms with Crippen molar-refractivity contribution in [2.75, 3.05) is 19.3 Å². The van der Waals surface area contributed by atoms with Crippen molar-refractivity contribution in [1.29, 1.82) is 0 Å². The average Bonchev–Trinajstić information content (AvgIpc) is 2.73. The van der Waals surface area contributed by atoms with Crippen LogP contribution in [0.5, 0.6) is 0 Å². The van der Waals surface area contributed by atoms with E-state index in [1.807, 2.05) is 4.31 Å². The molecule has 1 fully saturated rings. The molecule has 0 spiro atoms. The highest BCUT2D eigenvalue weighted by Gasteiger charge is 2.26. The SMILES string of the molecule is C=S(C)(=O)N1CCC(c2c(C)[nH]c3ccccc23)CC1. The van der Waals surface area contributed by atoms with Crippen LogP contribution in [0, 0.1) is 6.92 Å². The van der Waals surface area contributed by atoms with Gasteiger partial charge in [-0.25, -0.2) is 4.31 Å². The number of aryl methyl sites for hydroxylation is 1. The van der Waals surface area contributed by atoms with Crippen LogP contribution in [-0.4, -0.2) is 38.7 Å². The molecule has 0 aliphatic carbocycles. The van der Waals surface area contributed by atoms with Gasteiger partial charge in [-0.2, -0.15) is 0 Å². The Hall–Kier alpha value is -1.26. The lowest BCUT2D eigenvalue weighted by atomic mass is 9.88. The van der Waals surface area contributed by atoms with Gasteiger partial charge in [0.1, 0.15) is 0 Å². The molecule has 1 unspecified atom stereocenters. The lowest BCUT2D eigenvalue weighted by molar-refractivity contribution is 0.335. The van der Waals surface area contributed by atoms with Crippen LogP contribution in [0.15, 0.2) is 24.3 Å². The molecule has 1 aromatic carbocycles. The smallest absolute Gasteiger partial charge is 0.0458 e. The fourth-order valence-corrected chi connectivity index (χ4v) is 4.34. The van der Waals surface area contributed by atoms with E-state index in [2.05, 4.69) is 42.0 Å². The van der Waals surface area contributed by atoms with Crippen molar-refractivity contribution in [3.05, 3.63) is 35.5 Å². The van der Waals surface area contributed by atoms with Crippen molar-refractivity contribution in [1.82, 2.24) is 9.29 Å². The number of nitrogens with zero attached hydrogens (tertiary/aromatic N) is 1. The van der Waals surface area contributed by atoms with Gasteiger partial charge in [-0.1, -0.05) is 18.2 Å². The quantitative estimate of drug-likeness (QED) is 0.848. The van der Waals surface area contributed by atoms with Gasteiger partial charge in [0.05, 0.1) is 0 Å². The Bertz CT molecular complexity index is 722. The third-order valence-corrected chi connectivity index (χ3v) is 5.81. The van der Waals surface area contributed by atoms with Crippen molar-refractivity contribution < 1.29 is 4.21 Å². The first-order valence-electron chi connectivity index (χ1n) is 7.11. The van der Waals surface area contributed by atoms with E-state index in [9.17, 15) is 4.21 Å². The van der Waals surface area contributed by atoms with E-state index < -0.39 is 9.71 Å². The molecule has 1 aliphatic heterocycles. The first kappa shape index (κ1) is 13.7. The van der Waals surface area contributed by atoms with Crippen molar-refractivity contribution in [2.24, 2.45) is 0 Å². The van der Waals surface area contributed by atoms with E-state index in [4.69, 9.17) is 0 Å². The standard InChI is InChI=1S/C16H22N2OS/c1-12-16(14-6-4-5-7-15(14)17-12)13-8-10-18(11-9-13)20(2,3)19/h4-7,13,17H,2,8-11H2,1,3H3. The van der Waals surface area contributed by atoms with E-state index in [0.717, 1.165) is 25.9 Å². The first-order chi connectivity index (χ1) is 9.47. The minimum Gasteiger partial charge on any atom is -0.358 e. The van der Waals surface area contributed by atoms with Gasteiger partial charge in [0.15, 0.2) is 0 Å². The van der Waals surface area contributed by atoms with Gasteiger partial charge >= 0.3 is 0 Å². The summed E-state index contributed by atoms with van der Waals surface area (Å²) in [5, 5.41) is 1.34. The van der Waals surface area contributed by atoms with E-state index in [1.165, 1.54) is 22.2 Å². The molecule has 2 heterocycles. The molecule has 1 N–H and O–H groups in total. The Morgan fingerprint density at radius 3 is 2.60 bits per heavy atom. The molecule has 2 aromatic rings. The fraction of sp³-hybridized carbons (Fsp3) is 0.438. The highest BCUT2D eigenvalue weighted by molar-refractivity contribution is 7.97. The topological polar surface area (TPSA) is 36.1 Å². The number of rotatable bonds is 2. The van der Waals surface area contributed by atoms with E-state index in [0.29, 0.717) is 5.92 Å². The van der Waals surface area contributed by atoms with Crippen LogP contribution < -0.4 is 0 Å². The molecular formula is C16H22N2OS. The largest absolute Gasteiger partial charge is 0.358 e. The van der Waals surface area contributed by atoms with Crippen LogP contribution in [0.1, 0.15) is 30.0 Å². The number of hydrogen-bond acceptors (Lipinski definition) is 1. The highest BCUT2D eigenvalue weighted by atomic mass is 32.2. The molecule has 1 aromatic heterocycles. The summed E-state index contributed by atoms with van der Waals surface area (Å²) in [5.74, 6) is 4.36. The van der Waals surface area contributed by atoms with Crippen LogP contribution in [0.3, 0.4) is 0 Å². The van der Waals surface area contributed by atoms with Crippen molar-refractivity contribution >= 4 is 26.5 Å². The molecule has 1 atom stereocenters. The van der Waals surface area contributed by atoms with Gasteiger partial charge < -0.3 is 4.98 Å². The van der Waals surface area contributed by atoms with Gasteiger partial charge in [0, 0.05) is 45.6 Å². The van der Waals surface area contributed by atoms with Crippen molar-refractivity contribution in [2.45, 2.75) is 25.7 Å². The predicted octanol–water partition coefficient (Wildman–Crippen LogP) is 2.92. The molecule has 0 radical (unpaired) electrons. The number of aromatic nitrogens is 1. The summed E-state index contributed by atoms with van der Waals surface area (Å²) in [5.41, 5.74) is 3.95. The summed E-state index contributed by atoms with van der Waals surface area (Å²) in [6, 6.07) is 8.50. The monoisotopic (exact) mass is 290 g/mol. The summed E-state index contributed by atoms with van der Waals surface area (Å²) in [4.78, 5) is 3.48. The maximum Gasteiger partial charge on any atom is 0.0458 e. The zero-order valence-corrected chi connectivity index (χ0v) is 13.0. The summed E-state index contributed by atoms with van der Waals surface area (Å²) in [6.07, 6.45) is 3.86. The summed E-state index contributed by atoms with van der Waals surface area (Å²) in [7, 11) is -2.05. The zero-order chi connectivity index (χ0) is 14.3. The van der Waals surface area contributed by atoms with Gasteiger partial charge in [-0.3, -0.25) is 4.21 Å². The van der Waals surface area contributed by atoms with Gasteiger partial charge in [0.25, 0.3) is 0 Å². The Morgan fingerprint density at radius 2 is 1.95 bits per heavy atom. The number of aromatic amines is 1. The second-order valence-electron chi connectivity index (χ2n) is 5.87. The minimum atomic E-state index is -2.05. The van der Waals surface area contributed by atoms with Crippen LogP contribution in [0.25, 0.3) is 10.9 Å². The van der Waals surface area contributed by atoms with Crippen LogP contribution in [-0.2, 0) is 9.71 Å². The molecule has 3 rings (SSSR count). The van der Waals surface area contributed by atoms with E-state index in [-0.39, 0.29) is 0 Å². The van der Waals surface area contributed by atoms with Gasteiger partial charge in [-0.15, -0.1) is 0 Å². The number of benzene rings is 1. The molecule has 20 heavy (non-hydrogen) atoms. The Kier molecular flexibility index (Phi) is 3.38. The number of H-pyrrole nitrogens is 1. The molecule has 1 saturated heterocycles. The normalized spacial score (nSPS) is 21.1. The van der Waals surface area contributed by atoms with Crippen LogP contribution in [0.4, 0.5) is 0 Å². The molecule has 108 valence electrons. The molecule has 0 amide bonds. The summed E-state index contributed by atoms with van der Waals surface area (Å²) in [6.45, 7) is 3.91. The predicted molar refractivity (Wildman–Crippen MR) is 87.8 cm³/mol. The van der Waals surface area contributed by atoms with Crippen LogP contribution in [0.2, 0.25) is 0 Å². The average molecular weight is 290 g/mol. The van der Waals surface area contributed by atoms with Crippen LogP contribution >= 0.6 is 0 Å². The van der Waals surface area contributed by atoms with Gasteiger partial charge in [-0.05, 0) is 43.2 Å². The summed E-state index contributed by atoms with van der Waals surface area (Å²) < 4.78 is 14.1. The highest BCUT2D eigenvalue weighted by Crippen LogP contribution is 2.35. The van der Waals surface area contributed by atoms with Crippen molar-refractivity contribution in [3.63, 3.8) is 0 Å². The second kappa shape index (κ2) is 4.93. The first-order valence-corrected chi connectivity index (χ1v) is 9.20. The Labute approximate surface area is 121 Å². The lowest BCUT2D eigenvalue weighted by Gasteiger charge is -2.32. The maximum atomic E-state index is 12.0. The molecule has 3 nitrogen and oxygen atoms in total. The molecular weight excluding hydrogens is 268 g/mol. The molecule has 0 bridgehead atoms. The van der Waals surface area contributed by atoms with Crippen molar-refractivity contribution in [3.8, 4) is 0 Å². The number of fused-ring (bicyclic) bond motifs is 1. The van der Waals surface area contributed by atoms with Gasteiger partial charge in [0.2, 0.25) is 0 Å². The number of nitrogens with one attached hydrogen (secondary N) is 1. The molecule has 4 heteroatoms. The number of hydrogen-bond donors (Lipinski definition) is 1. The minimum absolute atomic E-state index is 0.559. The maximum absolute atomic E-state index is 12.0. The number of piperidine rings is 1. The molecule has 1 aliphatic rings. The Morgan fingerprint density at radius 1 is 1.30 bits per heavy atom.